The van der Waals surface area contributed by atoms with Crippen molar-refractivity contribution in [1.82, 2.24) is 4.98 Å². The van der Waals surface area contributed by atoms with E-state index in [1.165, 1.54) is 11.3 Å². The molecule has 0 aliphatic carbocycles. The van der Waals surface area contributed by atoms with E-state index in [0.717, 1.165) is 33.3 Å². The molecule has 3 heterocycles. The number of anilines is 1. The van der Waals surface area contributed by atoms with Crippen molar-refractivity contribution in [1.29, 1.82) is 0 Å². The zero-order chi connectivity index (χ0) is 18.6. The third-order valence-corrected chi connectivity index (χ3v) is 6.45. The molecule has 0 atom stereocenters. The Balaban J connectivity index is 1.66. The summed E-state index contributed by atoms with van der Waals surface area (Å²) in [6.45, 7) is 5.58. The van der Waals surface area contributed by atoms with E-state index >= 15 is 0 Å². The van der Waals surface area contributed by atoms with Gasteiger partial charge in [-0.1, -0.05) is 41.7 Å². The van der Waals surface area contributed by atoms with Gasteiger partial charge in [0.1, 0.15) is 16.1 Å². The summed E-state index contributed by atoms with van der Waals surface area (Å²) < 4.78 is 17.6. The van der Waals surface area contributed by atoms with Crippen LogP contribution in [0.15, 0.2) is 30.3 Å². The molecule has 4 rings (SSSR count). The van der Waals surface area contributed by atoms with Gasteiger partial charge in [0.05, 0.1) is 19.8 Å². The molecule has 0 bridgehead atoms. The topological polar surface area (TPSA) is 60.9 Å². The zero-order valence-electron chi connectivity index (χ0n) is 15.0. The van der Waals surface area contributed by atoms with Crippen LogP contribution in [0.1, 0.15) is 22.2 Å². The van der Waals surface area contributed by atoms with Gasteiger partial charge in [0, 0.05) is 13.1 Å². The molecule has 27 heavy (non-hydrogen) atoms. The molecule has 1 aromatic carbocycles. The Kier molecular flexibility index (Phi) is 5.56. The van der Waals surface area contributed by atoms with Crippen LogP contribution in [0.2, 0.25) is 0 Å². The van der Waals surface area contributed by atoms with Crippen LogP contribution >= 0.6 is 22.7 Å². The average Bonchev–Trinajstić information content (AvgIpc) is 3.26. The quantitative estimate of drug-likeness (QED) is 0.580. The fourth-order valence-electron chi connectivity index (χ4n) is 2.84. The van der Waals surface area contributed by atoms with Gasteiger partial charge in [-0.05, 0) is 12.5 Å². The SMILES string of the molecule is CCOC(=O)c1sc2nc(N3CCOCC3)sc2c1OCc1ccccc1. The van der Waals surface area contributed by atoms with E-state index in [2.05, 4.69) is 4.90 Å². The Morgan fingerprint density at radius 1 is 1.22 bits per heavy atom. The summed E-state index contributed by atoms with van der Waals surface area (Å²) in [5.41, 5.74) is 1.05. The van der Waals surface area contributed by atoms with Gasteiger partial charge in [-0.15, -0.1) is 11.3 Å². The van der Waals surface area contributed by atoms with Gasteiger partial charge in [0.25, 0.3) is 0 Å². The highest BCUT2D eigenvalue weighted by Crippen LogP contribution is 2.44. The van der Waals surface area contributed by atoms with Gasteiger partial charge >= 0.3 is 5.97 Å². The minimum absolute atomic E-state index is 0.328. The number of aromatic nitrogens is 1. The minimum atomic E-state index is -0.358. The number of carbonyl (C=O) groups is 1. The Labute approximate surface area is 165 Å². The van der Waals surface area contributed by atoms with Crippen molar-refractivity contribution < 1.29 is 19.0 Å². The number of hydrogen-bond donors (Lipinski definition) is 0. The van der Waals surface area contributed by atoms with Crippen molar-refractivity contribution in [3.05, 3.63) is 40.8 Å². The summed E-state index contributed by atoms with van der Waals surface area (Å²) in [6.07, 6.45) is 0. The molecular formula is C19H20N2O4S2. The Bertz CT molecular complexity index is 917. The predicted octanol–water partition coefficient (Wildman–Crippen LogP) is 3.95. The van der Waals surface area contributed by atoms with E-state index in [-0.39, 0.29) is 5.97 Å². The molecule has 0 unspecified atom stereocenters. The van der Waals surface area contributed by atoms with Crippen molar-refractivity contribution in [2.45, 2.75) is 13.5 Å². The highest BCUT2D eigenvalue weighted by atomic mass is 32.1. The molecule has 6 nitrogen and oxygen atoms in total. The molecule has 0 radical (unpaired) electrons. The van der Waals surface area contributed by atoms with Crippen LogP contribution in [0.5, 0.6) is 5.75 Å². The molecule has 0 spiro atoms. The van der Waals surface area contributed by atoms with Gasteiger partial charge in [-0.2, -0.15) is 0 Å². The summed E-state index contributed by atoms with van der Waals surface area (Å²) in [5.74, 6) is 0.220. The number of thiophene rings is 1. The molecule has 2 aromatic heterocycles. The lowest BCUT2D eigenvalue weighted by atomic mass is 10.2. The van der Waals surface area contributed by atoms with Crippen LogP contribution in [0.4, 0.5) is 5.13 Å². The maximum atomic E-state index is 12.4. The van der Waals surface area contributed by atoms with Gasteiger partial charge in [-0.25, -0.2) is 9.78 Å². The predicted molar refractivity (Wildman–Crippen MR) is 107 cm³/mol. The smallest absolute Gasteiger partial charge is 0.352 e. The molecule has 142 valence electrons. The molecule has 0 N–H and O–H groups in total. The fourth-order valence-corrected chi connectivity index (χ4v) is 5.13. The van der Waals surface area contributed by atoms with Crippen molar-refractivity contribution >= 4 is 43.3 Å². The molecule has 1 aliphatic heterocycles. The van der Waals surface area contributed by atoms with Crippen molar-refractivity contribution in [3.63, 3.8) is 0 Å². The van der Waals surface area contributed by atoms with Gasteiger partial charge in [0.15, 0.2) is 15.8 Å². The summed E-state index contributed by atoms with van der Waals surface area (Å²) >= 11 is 2.89. The second-order valence-corrected chi connectivity index (χ2v) is 7.96. The largest absolute Gasteiger partial charge is 0.486 e. The number of esters is 1. The van der Waals surface area contributed by atoms with Crippen LogP contribution in [-0.2, 0) is 16.1 Å². The number of morpholine rings is 1. The number of benzene rings is 1. The lowest BCUT2D eigenvalue weighted by Crippen LogP contribution is -2.36. The van der Waals surface area contributed by atoms with Crippen molar-refractivity contribution in [2.24, 2.45) is 0 Å². The molecular weight excluding hydrogens is 384 g/mol. The highest BCUT2D eigenvalue weighted by molar-refractivity contribution is 7.30. The molecule has 1 saturated heterocycles. The van der Waals surface area contributed by atoms with Crippen LogP contribution in [0.25, 0.3) is 9.53 Å². The number of nitrogens with zero attached hydrogens (tertiary/aromatic N) is 2. The maximum Gasteiger partial charge on any atom is 0.352 e. The number of hydrogen-bond acceptors (Lipinski definition) is 8. The van der Waals surface area contributed by atoms with Crippen molar-refractivity contribution in [3.8, 4) is 5.75 Å². The van der Waals surface area contributed by atoms with E-state index in [9.17, 15) is 4.79 Å². The standard InChI is InChI=1S/C19H20N2O4S2/c1-2-24-18(22)16-14(25-12-13-6-4-3-5-7-13)15-17(26-16)20-19(27-15)21-8-10-23-11-9-21/h3-7H,2,8-12H2,1H3. The van der Waals surface area contributed by atoms with E-state index in [1.807, 2.05) is 30.3 Å². The number of rotatable bonds is 6. The third-order valence-electron chi connectivity index (χ3n) is 4.16. The van der Waals surface area contributed by atoms with E-state index < -0.39 is 0 Å². The average molecular weight is 405 g/mol. The summed E-state index contributed by atoms with van der Waals surface area (Å²) in [5, 5.41) is 0.944. The molecule has 0 saturated carbocycles. The lowest BCUT2D eigenvalue weighted by Gasteiger charge is -2.25. The second kappa shape index (κ2) is 8.24. The molecule has 1 fully saturated rings. The normalized spacial score (nSPS) is 14.5. The summed E-state index contributed by atoms with van der Waals surface area (Å²) in [7, 11) is 0. The fraction of sp³-hybridized carbons (Fsp3) is 0.368. The Hall–Kier alpha value is -2.16. The molecule has 1 aliphatic rings. The van der Waals surface area contributed by atoms with E-state index in [1.54, 1.807) is 18.3 Å². The molecule has 8 heteroatoms. The number of thiazole rings is 1. The molecule has 0 amide bonds. The number of fused-ring (bicyclic) bond motifs is 1. The monoisotopic (exact) mass is 404 g/mol. The first-order valence-corrected chi connectivity index (χ1v) is 10.5. The summed E-state index contributed by atoms with van der Waals surface area (Å²) in [4.78, 5) is 20.6. The maximum absolute atomic E-state index is 12.4. The number of ether oxygens (including phenoxy) is 3. The zero-order valence-corrected chi connectivity index (χ0v) is 16.6. The Morgan fingerprint density at radius 2 is 2.00 bits per heavy atom. The highest BCUT2D eigenvalue weighted by Gasteiger charge is 2.26. The van der Waals surface area contributed by atoms with Gasteiger partial charge < -0.3 is 19.1 Å². The van der Waals surface area contributed by atoms with Gasteiger partial charge in [0.2, 0.25) is 0 Å². The number of carbonyl (C=O) groups excluding carboxylic acids is 1. The first-order chi connectivity index (χ1) is 13.3. The van der Waals surface area contributed by atoms with Crippen LogP contribution in [0.3, 0.4) is 0 Å². The minimum Gasteiger partial charge on any atom is -0.486 e. The van der Waals surface area contributed by atoms with E-state index in [4.69, 9.17) is 19.2 Å². The van der Waals surface area contributed by atoms with Crippen molar-refractivity contribution in [2.75, 3.05) is 37.8 Å². The van der Waals surface area contributed by atoms with Gasteiger partial charge in [-0.3, -0.25) is 0 Å². The first kappa shape index (κ1) is 18.2. The van der Waals surface area contributed by atoms with Crippen LogP contribution in [0, 0.1) is 0 Å². The Morgan fingerprint density at radius 3 is 2.74 bits per heavy atom. The second-order valence-electron chi connectivity index (χ2n) is 5.99. The summed E-state index contributed by atoms with van der Waals surface area (Å²) in [6, 6.07) is 9.90. The first-order valence-electron chi connectivity index (χ1n) is 8.86. The van der Waals surface area contributed by atoms with E-state index in [0.29, 0.717) is 37.1 Å². The van der Waals surface area contributed by atoms with Crippen LogP contribution in [-0.4, -0.2) is 43.9 Å². The lowest BCUT2D eigenvalue weighted by molar-refractivity contribution is 0.0527. The third kappa shape index (κ3) is 3.92. The van der Waals surface area contributed by atoms with Crippen LogP contribution < -0.4 is 9.64 Å². The molecule has 3 aromatic rings.